The predicted molar refractivity (Wildman–Crippen MR) is 118 cm³/mol. The molecule has 1 N–H and O–H groups in total. The van der Waals surface area contributed by atoms with E-state index in [-0.39, 0.29) is 0 Å². The lowest BCUT2D eigenvalue weighted by atomic mass is 10.2. The molecule has 0 aliphatic heterocycles. The van der Waals surface area contributed by atoms with E-state index in [4.69, 9.17) is 4.74 Å². The van der Waals surface area contributed by atoms with Gasteiger partial charge in [0.15, 0.2) is 5.82 Å². The van der Waals surface area contributed by atoms with Crippen LogP contribution in [0, 0.1) is 6.92 Å². The summed E-state index contributed by atoms with van der Waals surface area (Å²) < 4.78 is 34.3. The fourth-order valence-corrected chi connectivity index (χ4v) is 3.52. The zero-order valence-electron chi connectivity index (χ0n) is 16.6. The predicted octanol–water partition coefficient (Wildman–Crippen LogP) is 4.18. The second-order valence-corrected chi connectivity index (χ2v) is 8.23. The van der Waals surface area contributed by atoms with Crippen molar-refractivity contribution in [3.63, 3.8) is 0 Å². The van der Waals surface area contributed by atoms with E-state index in [1.165, 1.54) is 0 Å². The van der Waals surface area contributed by atoms with Gasteiger partial charge in [0.2, 0.25) is 5.88 Å². The number of nitrogens with zero attached hydrogens (tertiary/aromatic N) is 4. The average molecular weight is 433 g/mol. The summed E-state index contributed by atoms with van der Waals surface area (Å²) in [7, 11) is -3.64. The summed E-state index contributed by atoms with van der Waals surface area (Å²) >= 11 is 0. The van der Waals surface area contributed by atoms with Gasteiger partial charge in [-0.05, 0) is 55.0 Å². The summed E-state index contributed by atoms with van der Waals surface area (Å²) in [5, 5.41) is 13.3. The van der Waals surface area contributed by atoms with Crippen molar-refractivity contribution >= 4 is 21.8 Å². The van der Waals surface area contributed by atoms with E-state index in [1.807, 2.05) is 31.2 Å². The fraction of sp³-hybridized carbons (Fsp3) is 0.0455. The summed E-state index contributed by atoms with van der Waals surface area (Å²) in [5.74, 6) is 1.38. The van der Waals surface area contributed by atoms with Gasteiger partial charge in [-0.1, -0.05) is 29.8 Å². The van der Waals surface area contributed by atoms with Crippen LogP contribution in [-0.2, 0) is 10.0 Å². The molecule has 156 valence electrons. The first-order chi connectivity index (χ1) is 15.0. The zero-order valence-corrected chi connectivity index (χ0v) is 17.4. The van der Waals surface area contributed by atoms with Crippen molar-refractivity contribution in [3.05, 3.63) is 95.7 Å². The van der Waals surface area contributed by atoms with Gasteiger partial charge in [-0.3, -0.25) is 4.72 Å². The van der Waals surface area contributed by atoms with Crippen LogP contribution in [0.1, 0.15) is 11.1 Å². The molecule has 0 aliphatic carbocycles. The first-order valence-electron chi connectivity index (χ1n) is 9.36. The van der Waals surface area contributed by atoms with Crippen molar-refractivity contribution in [1.29, 1.82) is 0 Å². The van der Waals surface area contributed by atoms with Crippen LogP contribution < -0.4 is 9.46 Å². The first-order valence-corrected chi connectivity index (χ1v) is 10.9. The van der Waals surface area contributed by atoms with Crippen LogP contribution in [0.3, 0.4) is 0 Å². The second kappa shape index (κ2) is 8.80. The Labute approximate surface area is 179 Å². The molecule has 0 fully saturated rings. The molecule has 4 rings (SSSR count). The zero-order chi connectivity index (χ0) is 21.7. The highest BCUT2D eigenvalue weighted by atomic mass is 32.2. The minimum absolute atomic E-state index is 0.310. The van der Waals surface area contributed by atoms with Gasteiger partial charge >= 0.3 is 0 Å². The SMILES string of the molecule is Cc1ccc(/C=C/S(=O)(=O)Nc2ccc(Oc3ccc(-n4cccn4)nn3)cc2)cc1. The van der Waals surface area contributed by atoms with E-state index in [1.54, 1.807) is 65.6 Å². The smallest absolute Gasteiger partial charge is 0.255 e. The molecule has 8 nitrogen and oxygen atoms in total. The summed E-state index contributed by atoms with van der Waals surface area (Å²) in [4.78, 5) is 0. The summed E-state index contributed by atoms with van der Waals surface area (Å²) in [6, 6.07) is 19.3. The molecule has 31 heavy (non-hydrogen) atoms. The molecule has 0 spiro atoms. The van der Waals surface area contributed by atoms with E-state index >= 15 is 0 Å². The Morgan fingerprint density at radius 1 is 0.968 bits per heavy atom. The van der Waals surface area contributed by atoms with E-state index in [0.29, 0.717) is 23.1 Å². The van der Waals surface area contributed by atoms with E-state index < -0.39 is 10.0 Å². The molecule has 0 unspecified atom stereocenters. The van der Waals surface area contributed by atoms with Gasteiger partial charge in [-0.15, -0.1) is 10.2 Å². The van der Waals surface area contributed by atoms with Crippen LogP contribution in [0.5, 0.6) is 11.6 Å². The normalized spacial score (nSPS) is 11.5. The van der Waals surface area contributed by atoms with E-state index in [9.17, 15) is 8.42 Å². The van der Waals surface area contributed by atoms with Gasteiger partial charge in [0.1, 0.15) is 5.75 Å². The highest BCUT2D eigenvalue weighted by molar-refractivity contribution is 7.95. The Morgan fingerprint density at radius 3 is 2.39 bits per heavy atom. The van der Waals surface area contributed by atoms with E-state index in [0.717, 1.165) is 16.5 Å². The molecule has 9 heteroatoms. The number of hydrogen-bond donors (Lipinski definition) is 1. The number of benzene rings is 2. The fourth-order valence-electron chi connectivity index (χ4n) is 2.65. The lowest BCUT2D eigenvalue weighted by Crippen LogP contribution is -2.08. The third-order valence-electron chi connectivity index (χ3n) is 4.22. The maximum Gasteiger partial charge on any atom is 0.255 e. The summed E-state index contributed by atoms with van der Waals surface area (Å²) in [6.45, 7) is 1.97. The molecule has 2 aromatic carbocycles. The number of sulfonamides is 1. The number of hydrogen-bond acceptors (Lipinski definition) is 6. The number of rotatable bonds is 7. The van der Waals surface area contributed by atoms with Crippen molar-refractivity contribution in [3.8, 4) is 17.4 Å². The van der Waals surface area contributed by atoms with Gasteiger partial charge in [-0.2, -0.15) is 5.10 Å². The molecule has 0 saturated heterocycles. The van der Waals surface area contributed by atoms with Gasteiger partial charge in [0, 0.05) is 24.1 Å². The molecule has 4 aromatic rings. The third-order valence-corrected chi connectivity index (χ3v) is 5.23. The monoisotopic (exact) mass is 433 g/mol. The van der Waals surface area contributed by atoms with Crippen LogP contribution in [0.25, 0.3) is 11.9 Å². The van der Waals surface area contributed by atoms with Crippen LogP contribution >= 0.6 is 0 Å². The highest BCUT2D eigenvalue weighted by Crippen LogP contribution is 2.22. The lowest BCUT2D eigenvalue weighted by molar-refractivity contribution is 0.454. The molecular weight excluding hydrogens is 414 g/mol. The second-order valence-electron chi connectivity index (χ2n) is 6.67. The van der Waals surface area contributed by atoms with Crippen molar-refractivity contribution in [2.24, 2.45) is 0 Å². The molecule has 0 radical (unpaired) electrons. The minimum atomic E-state index is -3.64. The molecule has 2 heterocycles. The highest BCUT2D eigenvalue weighted by Gasteiger charge is 2.07. The first kappa shape index (κ1) is 20.3. The maximum atomic E-state index is 12.3. The van der Waals surface area contributed by atoms with E-state index in [2.05, 4.69) is 20.0 Å². The summed E-state index contributed by atoms with van der Waals surface area (Å²) in [6.07, 6.45) is 4.96. The Balaban J connectivity index is 1.38. The third kappa shape index (κ3) is 5.55. The van der Waals surface area contributed by atoms with Crippen LogP contribution in [0.15, 0.2) is 84.5 Å². The van der Waals surface area contributed by atoms with Gasteiger partial charge in [0.25, 0.3) is 10.0 Å². The van der Waals surface area contributed by atoms with Crippen LogP contribution in [0.4, 0.5) is 5.69 Å². The molecule has 0 aliphatic rings. The number of anilines is 1. The summed E-state index contributed by atoms with van der Waals surface area (Å²) in [5.41, 5.74) is 2.33. The van der Waals surface area contributed by atoms with Crippen molar-refractivity contribution < 1.29 is 13.2 Å². The Hall–Kier alpha value is -3.98. The number of nitrogens with one attached hydrogen (secondary N) is 1. The number of aromatic nitrogens is 4. The average Bonchev–Trinajstić information content (AvgIpc) is 3.30. The Bertz CT molecular complexity index is 1270. The molecule has 0 bridgehead atoms. The van der Waals surface area contributed by atoms with Crippen LogP contribution in [-0.4, -0.2) is 28.4 Å². The van der Waals surface area contributed by atoms with Crippen molar-refractivity contribution in [2.75, 3.05) is 4.72 Å². The van der Waals surface area contributed by atoms with Gasteiger partial charge in [0.05, 0.1) is 5.41 Å². The van der Waals surface area contributed by atoms with Crippen LogP contribution in [0.2, 0.25) is 0 Å². The topological polar surface area (TPSA) is 99.0 Å². The molecular formula is C22H19N5O3S. The Morgan fingerprint density at radius 2 is 1.74 bits per heavy atom. The molecule has 2 aromatic heterocycles. The van der Waals surface area contributed by atoms with Crippen molar-refractivity contribution in [2.45, 2.75) is 6.92 Å². The minimum Gasteiger partial charge on any atom is -0.438 e. The quantitative estimate of drug-likeness (QED) is 0.470. The lowest BCUT2D eigenvalue weighted by Gasteiger charge is -2.07. The van der Waals surface area contributed by atoms with Gasteiger partial charge < -0.3 is 4.74 Å². The largest absolute Gasteiger partial charge is 0.438 e. The van der Waals surface area contributed by atoms with Gasteiger partial charge in [-0.25, -0.2) is 13.1 Å². The standard InChI is InChI=1S/C22H19N5O3S/c1-17-3-5-18(6-4-17)13-16-31(28,29)26-19-7-9-20(10-8-19)30-22-12-11-21(24-25-22)27-15-2-14-23-27/h2-16,26H,1H3/b16-13+. The molecule has 0 amide bonds. The number of aryl methyl sites for hydroxylation is 1. The molecule has 0 atom stereocenters. The maximum absolute atomic E-state index is 12.3. The number of ether oxygens (including phenoxy) is 1. The molecule has 0 saturated carbocycles. The Kier molecular flexibility index (Phi) is 5.76. The van der Waals surface area contributed by atoms with Crippen molar-refractivity contribution in [1.82, 2.24) is 20.0 Å².